The van der Waals surface area contributed by atoms with Crippen LogP contribution in [0.15, 0.2) is 6.20 Å². The van der Waals surface area contributed by atoms with E-state index in [1.54, 1.807) is 0 Å². The summed E-state index contributed by atoms with van der Waals surface area (Å²) < 4.78 is 5.56. The Morgan fingerprint density at radius 3 is 2.81 bits per heavy atom. The van der Waals surface area contributed by atoms with E-state index in [1.807, 2.05) is 6.20 Å². The molecule has 0 atom stereocenters. The van der Waals surface area contributed by atoms with Crippen molar-refractivity contribution in [3.05, 3.63) is 17.5 Å². The minimum atomic E-state index is -0.0535. The molecule has 1 aromatic heterocycles. The maximum Gasteiger partial charge on any atom is 0.226 e. The number of nitrogens with zero attached hydrogens (tertiary/aromatic N) is 3. The number of morpholine rings is 1. The predicted octanol–water partition coefficient (Wildman–Crippen LogP) is 2.15. The molecule has 2 rings (SSSR count). The lowest BCUT2D eigenvalue weighted by Gasteiger charge is -2.42. The second kappa shape index (κ2) is 6.71. The van der Waals surface area contributed by atoms with E-state index in [0.29, 0.717) is 12.5 Å². The van der Waals surface area contributed by atoms with Crippen LogP contribution in [0.25, 0.3) is 0 Å². The standard InChI is InChI=1S/C16H28N4O/c1-12(2)8-17-9-14-10-18-15(19-13(14)3)20-6-7-21-11-16(20,4)5/h10,12,17H,6-9,11H2,1-5H3. The Morgan fingerprint density at radius 2 is 2.19 bits per heavy atom. The van der Waals surface area contributed by atoms with Gasteiger partial charge in [-0.2, -0.15) is 0 Å². The Bertz CT molecular complexity index is 473. The molecular weight excluding hydrogens is 264 g/mol. The van der Waals surface area contributed by atoms with E-state index >= 15 is 0 Å². The number of rotatable bonds is 5. The molecule has 1 aliphatic rings. The van der Waals surface area contributed by atoms with Crippen molar-refractivity contribution in [2.24, 2.45) is 5.92 Å². The van der Waals surface area contributed by atoms with Crippen LogP contribution in [-0.2, 0) is 11.3 Å². The average Bonchev–Trinajstić information content (AvgIpc) is 2.40. The molecule has 0 spiro atoms. The van der Waals surface area contributed by atoms with E-state index in [4.69, 9.17) is 9.72 Å². The van der Waals surface area contributed by atoms with Crippen LogP contribution in [0.3, 0.4) is 0 Å². The molecule has 118 valence electrons. The first-order valence-corrected chi connectivity index (χ1v) is 7.79. The van der Waals surface area contributed by atoms with Crippen molar-refractivity contribution in [3.63, 3.8) is 0 Å². The normalized spacial score (nSPS) is 18.3. The molecule has 0 amide bonds. The number of nitrogens with one attached hydrogen (secondary N) is 1. The number of aryl methyl sites for hydroxylation is 1. The molecule has 0 saturated carbocycles. The largest absolute Gasteiger partial charge is 0.377 e. The Hall–Kier alpha value is -1.20. The summed E-state index contributed by atoms with van der Waals surface area (Å²) in [5.74, 6) is 1.47. The van der Waals surface area contributed by atoms with Crippen molar-refractivity contribution in [1.82, 2.24) is 15.3 Å². The van der Waals surface area contributed by atoms with Gasteiger partial charge in [-0.25, -0.2) is 9.97 Å². The third-order valence-electron chi connectivity index (χ3n) is 3.82. The van der Waals surface area contributed by atoms with Crippen molar-refractivity contribution in [2.45, 2.75) is 46.7 Å². The number of aromatic nitrogens is 2. The maximum absolute atomic E-state index is 5.56. The molecule has 0 aromatic carbocycles. The van der Waals surface area contributed by atoms with Gasteiger partial charge in [-0.3, -0.25) is 0 Å². The summed E-state index contributed by atoms with van der Waals surface area (Å²) in [4.78, 5) is 11.5. The summed E-state index contributed by atoms with van der Waals surface area (Å²) in [6.07, 6.45) is 1.95. The quantitative estimate of drug-likeness (QED) is 0.901. The summed E-state index contributed by atoms with van der Waals surface area (Å²) in [5, 5.41) is 3.44. The first-order chi connectivity index (χ1) is 9.90. The van der Waals surface area contributed by atoms with Gasteiger partial charge in [0, 0.05) is 30.5 Å². The molecule has 0 unspecified atom stereocenters. The lowest BCUT2D eigenvalue weighted by atomic mass is 10.0. The summed E-state index contributed by atoms with van der Waals surface area (Å²) >= 11 is 0. The molecule has 2 heterocycles. The van der Waals surface area contributed by atoms with Gasteiger partial charge in [0.15, 0.2) is 0 Å². The highest BCUT2D eigenvalue weighted by Crippen LogP contribution is 2.24. The van der Waals surface area contributed by atoms with E-state index < -0.39 is 0 Å². The lowest BCUT2D eigenvalue weighted by molar-refractivity contribution is 0.0633. The van der Waals surface area contributed by atoms with Crippen molar-refractivity contribution < 1.29 is 4.74 Å². The molecule has 1 aliphatic heterocycles. The smallest absolute Gasteiger partial charge is 0.226 e. The fourth-order valence-electron chi connectivity index (χ4n) is 2.51. The van der Waals surface area contributed by atoms with Gasteiger partial charge in [0.1, 0.15) is 0 Å². The molecule has 1 aromatic rings. The highest BCUT2D eigenvalue weighted by Gasteiger charge is 2.32. The fourth-order valence-corrected chi connectivity index (χ4v) is 2.51. The molecular formula is C16H28N4O. The van der Waals surface area contributed by atoms with Crippen LogP contribution in [-0.4, -0.2) is 41.8 Å². The zero-order chi connectivity index (χ0) is 15.5. The fraction of sp³-hybridized carbons (Fsp3) is 0.750. The highest BCUT2D eigenvalue weighted by atomic mass is 16.5. The molecule has 5 heteroatoms. The first kappa shape index (κ1) is 16.2. The van der Waals surface area contributed by atoms with Crippen LogP contribution in [0.5, 0.6) is 0 Å². The molecule has 0 bridgehead atoms. The summed E-state index contributed by atoms with van der Waals surface area (Å²) in [7, 11) is 0. The van der Waals surface area contributed by atoms with E-state index in [2.05, 4.69) is 49.8 Å². The average molecular weight is 292 g/mol. The Morgan fingerprint density at radius 1 is 1.43 bits per heavy atom. The third-order valence-corrected chi connectivity index (χ3v) is 3.82. The minimum absolute atomic E-state index is 0.0535. The van der Waals surface area contributed by atoms with Gasteiger partial charge in [0.05, 0.1) is 18.8 Å². The number of hydrogen-bond donors (Lipinski definition) is 1. The van der Waals surface area contributed by atoms with E-state index in [9.17, 15) is 0 Å². The Labute approximate surface area is 128 Å². The van der Waals surface area contributed by atoms with Gasteiger partial charge in [-0.15, -0.1) is 0 Å². The molecule has 1 N–H and O–H groups in total. The SMILES string of the molecule is Cc1nc(N2CCOCC2(C)C)ncc1CNCC(C)C. The van der Waals surface area contributed by atoms with Gasteiger partial charge < -0.3 is 15.0 Å². The Kier molecular flexibility index (Phi) is 5.17. The van der Waals surface area contributed by atoms with Crippen LogP contribution < -0.4 is 10.2 Å². The minimum Gasteiger partial charge on any atom is -0.377 e. The predicted molar refractivity (Wildman–Crippen MR) is 85.6 cm³/mol. The number of anilines is 1. The molecule has 5 nitrogen and oxygen atoms in total. The van der Waals surface area contributed by atoms with Crippen molar-refractivity contribution in [1.29, 1.82) is 0 Å². The molecule has 0 aliphatic carbocycles. The summed E-state index contributed by atoms with van der Waals surface area (Å²) in [5.41, 5.74) is 2.17. The van der Waals surface area contributed by atoms with Gasteiger partial charge in [0.2, 0.25) is 5.95 Å². The molecule has 21 heavy (non-hydrogen) atoms. The van der Waals surface area contributed by atoms with Crippen LogP contribution in [0, 0.1) is 12.8 Å². The first-order valence-electron chi connectivity index (χ1n) is 7.79. The monoisotopic (exact) mass is 292 g/mol. The van der Waals surface area contributed by atoms with Gasteiger partial charge >= 0.3 is 0 Å². The van der Waals surface area contributed by atoms with Crippen molar-refractivity contribution >= 4 is 5.95 Å². The molecule has 1 saturated heterocycles. The van der Waals surface area contributed by atoms with Crippen molar-refractivity contribution in [3.8, 4) is 0 Å². The third kappa shape index (κ3) is 4.14. The zero-order valence-electron chi connectivity index (χ0n) is 13.9. The topological polar surface area (TPSA) is 50.3 Å². The lowest BCUT2D eigenvalue weighted by Crippen LogP contribution is -2.53. The van der Waals surface area contributed by atoms with Crippen LogP contribution in [0.4, 0.5) is 5.95 Å². The van der Waals surface area contributed by atoms with Crippen LogP contribution in [0.1, 0.15) is 39.0 Å². The zero-order valence-corrected chi connectivity index (χ0v) is 13.9. The van der Waals surface area contributed by atoms with Crippen LogP contribution >= 0.6 is 0 Å². The van der Waals surface area contributed by atoms with E-state index in [1.165, 1.54) is 5.56 Å². The number of hydrogen-bond acceptors (Lipinski definition) is 5. The maximum atomic E-state index is 5.56. The summed E-state index contributed by atoms with van der Waals surface area (Å²) in [6.45, 7) is 15.0. The highest BCUT2D eigenvalue weighted by molar-refractivity contribution is 5.37. The second-order valence-corrected chi connectivity index (χ2v) is 6.82. The Balaban J connectivity index is 2.07. The summed E-state index contributed by atoms with van der Waals surface area (Å²) in [6, 6.07) is 0. The van der Waals surface area contributed by atoms with E-state index in [-0.39, 0.29) is 5.54 Å². The van der Waals surface area contributed by atoms with Gasteiger partial charge in [0.25, 0.3) is 0 Å². The molecule has 1 fully saturated rings. The van der Waals surface area contributed by atoms with E-state index in [0.717, 1.165) is 37.9 Å². The van der Waals surface area contributed by atoms with Crippen molar-refractivity contribution in [2.75, 3.05) is 31.2 Å². The van der Waals surface area contributed by atoms with Gasteiger partial charge in [-0.1, -0.05) is 13.8 Å². The van der Waals surface area contributed by atoms with Crippen LogP contribution in [0.2, 0.25) is 0 Å². The van der Waals surface area contributed by atoms with Gasteiger partial charge in [-0.05, 0) is 33.2 Å². The number of ether oxygens (including phenoxy) is 1. The second-order valence-electron chi connectivity index (χ2n) is 6.82. The molecule has 0 radical (unpaired) electrons.